The van der Waals surface area contributed by atoms with Gasteiger partial charge in [0.25, 0.3) is 0 Å². The molecule has 0 aromatic rings. The number of nitrogens with zero attached hydrogens (tertiary/aromatic N) is 2. The molecule has 0 aliphatic carbocycles. The van der Waals surface area contributed by atoms with Gasteiger partial charge in [0.05, 0.1) is 6.61 Å². The van der Waals surface area contributed by atoms with Gasteiger partial charge < -0.3 is 20.6 Å². The van der Waals surface area contributed by atoms with Gasteiger partial charge in [0.2, 0.25) is 5.96 Å². The first-order valence-electron chi connectivity index (χ1n) is 5.88. The molecular formula is C9H19N3O3. The molecule has 0 aromatic heterocycles. The van der Waals surface area contributed by atoms with Crippen molar-refractivity contribution in [2.24, 2.45) is 16.3 Å². The van der Waals surface area contributed by atoms with Crippen LogP contribution in [0.1, 0.15) is 24.9 Å². The number of esters is 1. The van der Waals surface area contributed by atoms with Gasteiger partial charge in [0.1, 0.15) is 6.54 Å². The van der Waals surface area contributed by atoms with Crippen molar-refractivity contribution in [3.8, 4) is 0 Å². The van der Waals surface area contributed by atoms with Crippen LogP contribution in [0.3, 0.4) is 0 Å². The predicted octanol–water partition coefficient (Wildman–Crippen LogP) is 0.211. The Kier molecular flexibility index (Phi) is 3.19. The third kappa shape index (κ3) is 6.59. The molecule has 0 radical (unpaired) electrons. The molecule has 0 spiro atoms. The van der Waals surface area contributed by atoms with Crippen LogP contribution in [-0.2, 0) is 9.53 Å². The molecule has 0 amide bonds. The van der Waals surface area contributed by atoms with Crippen LogP contribution in [0.4, 0.5) is 0 Å². The summed E-state index contributed by atoms with van der Waals surface area (Å²) in [5, 5.41) is 11.0. The highest BCUT2D eigenvalue weighted by Gasteiger charge is 2.15. The van der Waals surface area contributed by atoms with Crippen LogP contribution in [0, 0.1) is 5.41 Å². The Balaban J connectivity index is 4.57. The fraction of sp³-hybridized carbons (Fsp3) is 0.778. The van der Waals surface area contributed by atoms with Crippen LogP contribution in [0.5, 0.6) is 0 Å². The van der Waals surface area contributed by atoms with Crippen LogP contribution < -0.4 is 5.73 Å². The second-order valence-corrected chi connectivity index (χ2v) is 4.27. The van der Waals surface area contributed by atoms with Crippen molar-refractivity contribution < 1.29 is 18.9 Å². The minimum absolute atomic E-state index is 0.150. The van der Waals surface area contributed by atoms with Gasteiger partial charge in [0, 0.05) is 11.1 Å². The summed E-state index contributed by atoms with van der Waals surface area (Å²) in [4.78, 5) is 11.9. The van der Waals surface area contributed by atoms with Crippen LogP contribution in [0.25, 0.3) is 0 Å². The van der Waals surface area contributed by atoms with Crippen molar-refractivity contribution in [1.82, 2.24) is 4.90 Å². The molecule has 0 unspecified atom stereocenters. The second kappa shape index (κ2) is 5.43. The molecule has 88 valence electrons. The Bertz CT molecular complexity index is 323. The van der Waals surface area contributed by atoms with Gasteiger partial charge in [-0.05, 0) is 5.41 Å². The minimum Gasteiger partial charge on any atom is -0.464 e. The molecule has 0 atom stereocenters. The van der Waals surface area contributed by atoms with E-state index in [9.17, 15) is 4.79 Å². The number of carbonyl (C=O) groups is 1. The third-order valence-corrected chi connectivity index (χ3v) is 1.33. The van der Waals surface area contributed by atoms with Crippen LogP contribution in [-0.4, -0.2) is 42.2 Å². The molecular weight excluding hydrogens is 198 g/mol. The molecule has 6 nitrogen and oxygen atoms in total. The average Bonchev–Trinajstić information content (AvgIpc) is 2.19. The summed E-state index contributed by atoms with van der Waals surface area (Å²) in [7, 11) is 0. The van der Waals surface area contributed by atoms with Crippen molar-refractivity contribution >= 4 is 11.9 Å². The Labute approximate surface area is 93.9 Å². The highest BCUT2D eigenvalue weighted by Crippen LogP contribution is 2.12. The Morgan fingerprint density at radius 2 is 2.27 bits per heavy atom. The number of hydrogen-bond donors (Lipinski definition) is 2. The van der Waals surface area contributed by atoms with Gasteiger partial charge in [-0.15, -0.1) is 0 Å². The molecule has 0 aromatic carbocycles. The van der Waals surface area contributed by atoms with E-state index in [4.69, 9.17) is 19.8 Å². The number of oxime groups is 1. The lowest BCUT2D eigenvalue weighted by molar-refractivity contribution is -0.146. The summed E-state index contributed by atoms with van der Waals surface area (Å²) in [6.07, 6.45) is 0. The predicted molar refractivity (Wildman–Crippen MR) is 56.5 cm³/mol. The zero-order valence-corrected chi connectivity index (χ0v) is 9.15. The largest absolute Gasteiger partial charge is 0.464 e. The molecule has 15 heavy (non-hydrogen) atoms. The van der Waals surface area contributed by atoms with E-state index in [2.05, 4.69) is 5.16 Å². The molecule has 0 fully saturated rings. The Morgan fingerprint density at radius 1 is 1.67 bits per heavy atom. The number of ether oxygens (including phenoxy) is 1. The normalized spacial score (nSPS) is 16.2. The zero-order valence-electron chi connectivity index (χ0n) is 12.1. The van der Waals surface area contributed by atoms with Crippen molar-refractivity contribution in [1.29, 1.82) is 0 Å². The Morgan fingerprint density at radius 3 is 2.67 bits per heavy atom. The van der Waals surface area contributed by atoms with E-state index in [0.717, 1.165) is 0 Å². The molecule has 0 heterocycles. The first-order chi connectivity index (χ1) is 7.97. The molecule has 0 saturated carbocycles. The molecule has 0 saturated heterocycles. The SMILES string of the molecule is [2H]C([2H])([2H])N(CC(=O)OCC(C)(C)C)/C(N)=N/O. The van der Waals surface area contributed by atoms with Crippen molar-refractivity contribution in [2.75, 3.05) is 20.1 Å². The highest BCUT2D eigenvalue weighted by molar-refractivity contribution is 5.82. The maximum Gasteiger partial charge on any atom is 0.325 e. The summed E-state index contributed by atoms with van der Waals surface area (Å²) in [6, 6.07) is 0. The van der Waals surface area contributed by atoms with Gasteiger partial charge in [-0.2, -0.15) is 0 Å². The lowest BCUT2D eigenvalue weighted by atomic mass is 9.99. The van der Waals surface area contributed by atoms with Gasteiger partial charge in [-0.25, -0.2) is 0 Å². The highest BCUT2D eigenvalue weighted by atomic mass is 16.5. The van der Waals surface area contributed by atoms with Crippen molar-refractivity contribution in [2.45, 2.75) is 20.8 Å². The summed E-state index contributed by atoms with van der Waals surface area (Å²) < 4.78 is 26.4. The summed E-state index contributed by atoms with van der Waals surface area (Å²) in [5.74, 6) is -1.42. The monoisotopic (exact) mass is 220 g/mol. The number of guanidine groups is 1. The van der Waals surface area contributed by atoms with E-state index in [1.165, 1.54) is 0 Å². The summed E-state index contributed by atoms with van der Waals surface area (Å²) >= 11 is 0. The van der Waals surface area contributed by atoms with Crippen molar-refractivity contribution in [3.63, 3.8) is 0 Å². The number of likely N-dealkylation sites (N-methyl/N-ethyl adjacent to an activating group) is 1. The molecule has 0 aliphatic rings. The summed E-state index contributed by atoms with van der Waals surface area (Å²) in [5.41, 5.74) is 4.97. The van der Waals surface area contributed by atoms with Gasteiger partial charge in [-0.3, -0.25) is 4.79 Å². The van der Waals surface area contributed by atoms with Gasteiger partial charge in [0.15, 0.2) is 0 Å². The first kappa shape index (κ1) is 8.82. The number of nitrogens with two attached hydrogens (primary N) is 1. The zero-order chi connectivity index (χ0) is 14.6. The summed E-state index contributed by atoms with van der Waals surface area (Å²) in [6.45, 7) is 2.46. The van der Waals surface area contributed by atoms with E-state index in [1.54, 1.807) is 0 Å². The van der Waals surface area contributed by atoms with Gasteiger partial charge in [-0.1, -0.05) is 25.9 Å². The van der Waals surface area contributed by atoms with E-state index in [-0.39, 0.29) is 12.0 Å². The maximum absolute atomic E-state index is 11.5. The van der Waals surface area contributed by atoms with Crippen LogP contribution in [0.2, 0.25) is 0 Å². The fourth-order valence-corrected chi connectivity index (χ4v) is 0.607. The molecule has 3 N–H and O–H groups in total. The van der Waals surface area contributed by atoms with E-state index in [1.807, 2.05) is 20.8 Å². The second-order valence-electron chi connectivity index (χ2n) is 4.27. The molecule has 6 heteroatoms. The third-order valence-electron chi connectivity index (χ3n) is 1.33. The van der Waals surface area contributed by atoms with Crippen LogP contribution >= 0.6 is 0 Å². The number of hydrogen-bond acceptors (Lipinski definition) is 4. The van der Waals surface area contributed by atoms with E-state index < -0.39 is 25.4 Å². The topological polar surface area (TPSA) is 88.2 Å². The average molecular weight is 220 g/mol. The Hall–Kier alpha value is -1.46. The van der Waals surface area contributed by atoms with E-state index >= 15 is 0 Å². The van der Waals surface area contributed by atoms with Crippen molar-refractivity contribution in [3.05, 3.63) is 0 Å². The minimum atomic E-state index is -2.68. The van der Waals surface area contributed by atoms with Crippen LogP contribution in [0.15, 0.2) is 5.16 Å². The standard InChI is InChI=1S/C9H19N3O3/c1-9(2,3)6-15-7(13)5-12(4)8(10)11-14/h14H,5-6H2,1-4H3,(H2,10,11)/i4D3. The lowest BCUT2D eigenvalue weighted by Gasteiger charge is -2.20. The molecule has 0 rings (SSSR count). The molecule has 0 bridgehead atoms. The van der Waals surface area contributed by atoms with E-state index in [0.29, 0.717) is 4.90 Å². The van der Waals surface area contributed by atoms with Gasteiger partial charge >= 0.3 is 5.97 Å². The lowest BCUT2D eigenvalue weighted by Crippen LogP contribution is -2.38. The number of carbonyl (C=O) groups excluding carboxylic acids is 1. The first-order valence-corrected chi connectivity index (χ1v) is 4.38. The smallest absolute Gasteiger partial charge is 0.325 e. The number of rotatable bonds is 3. The fourth-order valence-electron chi connectivity index (χ4n) is 0.607. The molecule has 0 aliphatic heterocycles. The quantitative estimate of drug-likeness (QED) is 0.233. The maximum atomic E-state index is 11.5.